The SMILES string of the molecule is CCCCN(C)C(=O)Nc1ccc(Cl)c(Cl)c1.CCCCN(C)C(=O)Nc1ccc(Cl)c(Cl)c1. The fourth-order valence-electron chi connectivity index (χ4n) is 2.58. The highest BCUT2D eigenvalue weighted by atomic mass is 35.5. The van der Waals surface area contributed by atoms with Gasteiger partial charge in [0, 0.05) is 38.6 Å². The number of nitrogens with zero attached hydrogens (tertiary/aromatic N) is 2. The lowest BCUT2D eigenvalue weighted by atomic mass is 10.3. The van der Waals surface area contributed by atoms with Crippen LogP contribution in [0.1, 0.15) is 39.5 Å². The number of hydrogen-bond acceptors (Lipinski definition) is 2. The Morgan fingerprint density at radius 2 is 1.03 bits per heavy atom. The van der Waals surface area contributed by atoms with Crippen molar-refractivity contribution in [3.8, 4) is 0 Å². The number of urea groups is 2. The zero-order chi connectivity index (χ0) is 25.7. The summed E-state index contributed by atoms with van der Waals surface area (Å²) in [5, 5.41) is 7.34. The molecule has 0 saturated carbocycles. The summed E-state index contributed by atoms with van der Waals surface area (Å²) < 4.78 is 0. The normalized spacial score (nSPS) is 10.1. The van der Waals surface area contributed by atoms with Crippen molar-refractivity contribution in [2.75, 3.05) is 37.8 Å². The van der Waals surface area contributed by atoms with Crippen molar-refractivity contribution in [3.63, 3.8) is 0 Å². The van der Waals surface area contributed by atoms with Gasteiger partial charge in [-0.1, -0.05) is 73.1 Å². The minimum Gasteiger partial charge on any atom is -0.328 e. The summed E-state index contributed by atoms with van der Waals surface area (Å²) in [7, 11) is 3.53. The third-order valence-electron chi connectivity index (χ3n) is 4.73. The summed E-state index contributed by atoms with van der Waals surface area (Å²) in [5.74, 6) is 0. The van der Waals surface area contributed by atoms with Gasteiger partial charge in [0.05, 0.1) is 20.1 Å². The van der Waals surface area contributed by atoms with Crippen molar-refractivity contribution in [2.24, 2.45) is 0 Å². The first-order chi connectivity index (χ1) is 16.1. The minimum atomic E-state index is -0.142. The Balaban J connectivity index is 0.000000340. The number of benzene rings is 2. The van der Waals surface area contributed by atoms with Crippen LogP contribution in [0, 0.1) is 0 Å². The van der Waals surface area contributed by atoms with E-state index < -0.39 is 0 Å². The molecule has 0 fully saturated rings. The van der Waals surface area contributed by atoms with E-state index in [1.165, 1.54) is 0 Å². The molecule has 10 heteroatoms. The lowest BCUT2D eigenvalue weighted by Crippen LogP contribution is -2.32. The van der Waals surface area contributed by atoms with Crippen molar-refractivity contribution in [3.05, 3.63) is 56.5 Å². The highest BCUT2D eigenvalue weighted by Crippen LogP contribution is 2.26. The molecule has 188 valence electrons. The quantitative estimate of drug-likeness (QED) is 0.346. The second-order valence-electron chi connectivity index (χ2n) is 7.67. The fraction of sp³-hybridized carbons (Fsp3) is 0.417. The maximum Gasteiger partial charge on any atom is 0.321 e. The number of anilines is 2. The van der Waals surface area contributed by atoms with Crippen molar-refractivity contribution >= 4 is 69.8 Å². The first kappa shape index (κ1) is 30.2. The first-order valence-electron chi connectivity index (χ1n) is 11.0. The molecular formula is C24H32Cl4N4O2. The van der Waals surface area contributed by atoms with E-state index in [-0.39, 0.29) is 12.1 Å². The smallest absolute Gasteiger partial charge is 0.321 e. The number of carbonyl (C=O) groups is 2. The molecule has 0 spiro atoms. The van der Waals surface area contributed by atoms with Crippen LogP contribution in [-0.4, -0.2) is 49.0 Å². The number of nitrogens with one attached hydrogen (secondary N) is 2. The van der Waals surface area contributed by atoms with Gasteiger partial charge < -0.3 is 20.4 Å². The van der Waals surface area contributed by atoms with Crippen molar-refractivity contribution in [1.29, 1.82) is 0 Å². The number of rotatable bonds is 8. The standard InChI is InChI=1S/2C12H16Cl2N2O/c2*1-3-4-7-16(2)12(17)15-9-5-6-10(13)11(14)8-9/h2*5-6,8H,3-4,7H2,1-2H3,(H,15,17). The van der Waals surface area contributed by atoms with Crippen LogP contribution in [-0.2, 0) is 0 Å². The Hall–Kier alpha value is -1.86. The second-order valence-corrected chi connectivity index (χ2v) is 9.30. The topological polar surface area (TPSA) is 64.7 Å². The average molecular weight is 550 g/mol. The monoisotopic (exact) mass is 548 g/mol. The molecule has 0 saturated heterocycles. The molecule has 6 nitrogen and oxygen atoms in total. The molecule has 0 unspecified atom stereocenters. The van der Waals surface area contributed by atoms with Gasteiger partial charge in [0.25, 0.3) is 0 Å². The molecule has 0 aliphatic rings. The van der Waals surface area contributed by atoms with E-state index in [0.29, 0.717) is 31.5 Å². The van der Waals surface area contributed by atoms with Crippen LogP contribution < -0.4 is 10.6 Å². The van der Waals surface area contributed by atoms with Crippen LogP contribution in [0.2, 0.25) is 20.1 Å². The van der Waals surface area contributed by atoms with Crippen LogP contribution in [0.15, 0.2) is 36.4 Å². The first-order valence-corrected chi connectivity index (χ1v) is 12.5. The number of amides is 4. The molecule has 0 bridgehead atoms. The lowest BCUT2D eigenvalue weighted by molar-refractivity contribution is 0.221. The molecule has 0 radical (unpaired) electrons. The summed E-state index contributed by atoms with van der Waals surface area (Å²) in [4.78, 5) is 26.8. The summed E-state index contributed by atoms with van der Waals surface area (Å²) in [6, 6.07) is 9.75. The summed E-state index contributed by atoms with van der Waals surface area (Å²) in [5.41, 5.74) is 1.29. The highest BCUT2D eigenvalue weighted by molar-refractivity contribution is 6.42. The zero-order valence-corrected chi connectivity index (χ0v) is 23.0. The summed E-state index contributed by atoms with van der Waals surface area (Å²) in [6.45, 7) is 5.66. The van der Waals surface area contributed by atoms with E-state index in [9.17, 15) is 9.59 Å². The summed E-state index contributed by atoms with van der Waals surface area (Å²) >= 11 is 23.3. The van der Waals surface area contributed by atoms with Gasteiger partial charge in [-0.25, -0.2) is 9.59 Å². The molecule has 4 amide bonds. The van der Waals surface area contributed by atoms with Crippen LogP contribution in [0.25, 0.3) is 0 Å². The molecule has 2 N–H and O–H groups in total. The van der Waals surface area contributed by atoms with Crippen LogP contribution in [0.4, 0.5) is 21.0 Å². The Bertz CT molecular complexity index is 868. The predicted molar refractivity (Wildman–Crippen MR) is 146 cm³/mol. The van der Waals surface area contributed by atoms with Crippen molar-refractivity contribution in [2.45, 2.75) is 39.5 Å². The van der Waals surface area contributed by atoms with Gasteiger partial charge in [-0.05, 0) is 49.2 Å². The van der Waals surface area contributed by atoms with E-state index in [1.54, 1.807) is 60.3 Å². The Kier molecular flexibility index (Phi) is 14.1. The third kappa shape index (κ3) is 11.0. The Morgan fingerprint density at radius 3 is 1.32 bits per heavy atom. The molecule has 0 heterocycles. The minimum absolute atomic E-state index is 0.142. The maximum absolute atomic E-state index is 11.8. The number of hydrogen-bond donors (Lipinski definition) is 2. The lowest BCUT2D eigenvalue weighted by Gasteiger charge is -2.17. The molecular weight excluding hydrogens is 518 g/mol. The number of carbonyl (C=O) groups excluding carboxylic acids is 2. The van der Waals surface area contributed by atoms with Gasteiger partial charge >= 0.3 is 12.1 Å². The van der Waals surface area contributed by atoms with E-state index in [0.717, 1.165) is 38.8 Å². The van der Waals surface area contributed by atoms with E-state index in [1.807, 2.05) is 0 Å². The van der Waals surface area contributed by atoms with Gasteiger partial charge in [0.15, 0.2) is 0 Å². The Labute approximate surface area is 222 Å². The maximum atomic E-state index is 11.8. The Morgan fingerprint density at radius 1 is 0.676 bits per heavy atom. The van der Waals surface area contributed by atoms with Gasteiger partial charge in [0.1, 0.15) is 0 Å². The van der Waals surface area contributed by atoms with Gasteiger partial charge in [-0.2, -0.15) is 0 Å². The third-order valence-corrected chi connectivity index (χ3v) is 6.21. The van der Waals surface area contributed by atoms with Gasteiger partial charge in [-0.3, -0.25) is 0 Å². The number of halogens is 4. The molecule has 2 rings (SSSR count). The van der Waals surface area contributed by atoms with E-state index in [4.69, 9.17) is 46.4 Å². The molecule has 2 aromatic carbocycles. The summed E-state index contributed by atoms with van der Waals surface area (Å²) in [6.07, 6.45) is 4.10. The molecule has 0 atom stereocenters. The van der Waals surface area contributed by atoms with Crippen molar-refractivity contribution < 1.29 is 9.59 Å². The van der Waals surface area contributed by atoms with E-state index >= 15 is 0 Å². The molecule has 0 aliphatic heterocycles. The van der Waals surface area contributed by atoms with Crippen LogP contribution in [0.5, 0.6) is 0 Å². The van der Waals surface area contributed by atoms with Crippen LogP contribution in [0.3, 0.4) is 0 Å². The molecule has 0 aliphatic carbocycles. The van der Waals surface area contributed by atoms with E-state index in [2.05, 4.69) is 24.5 Å². The molecule has 0 aromatic heterocycles. The fourth-order valence-corrected chi connectivity index (χ4v) is 3.18. The van der Waals surface area contributed by atoms with Crippen molar-refractivity contribution in [1.82, 2.24) is 9.80 Å². The highest BCUT2D eigenvalue weighted by Gasteiger charge is 2.10. The number of unbranched alkanes of at least 4 members (excludes halogenated alkanes) is 2. The predicted octanol–water partition coefficient (Wildman–Crippen LogP) is 8.51. The van der Waals surface area contributed by atoms with Gasteiger partial charge in [-0.15, -0.1) is 0 Å². The average Bonchev–Trinajstić information content (AvgIpc) is 2.80. The zero-order valence-electron chi connectivity index (χ0n) is 19.9. The molecule has 34 heavy (non-hydrogen) atoms. The molecule has 2 aromatic rings. The van der Waals surface area contributed by atoms with Crippen LogP contribution >= 0.6 is 46.4 Å². The largest absolute Gasteiger partial charge is 0.328 e. The van der Waals surface area contributed by atoms with Gasteiger partial charge in [0.2, 0.25) is 0 Å². The second kappa shape index (κ2) is 15.9.